The molecule has 0 saturated heterocycles. The molecule has 19 heavy (non-hydrogen) atoms. The standard InChI is InChI=1S/C13H15N3O3/c1-8(7-17)16(2)13(19)11-9-5-3-4-6-10(9)12(18)15-14-11/h3-6,8,17H,7H2,1-2H3,(H,15,18). The summed E-state index contributed by atoms with van der Waals surface area (Å²) in [6.45, 7) is 1.59. The number of amides is 1. The van der Waals surface area contributed by atoms with Crippen molar-refractivity contribution in [3.05, 3.63) is 40.3 Å². The highest BCUT2D eigenvalue weighted by molar-refractivity contribution is 6.04. The average molecular weight is 261 g/mol. The molecule has 1 aromatic heterocycles. The van der Waals surface area contributed by atoms with E-state index in [9.17, 15) is 9.59 Å². The Morgan fingerprint density at radius 3 is 2.68 bits per heavy atom. The number of nitrogens with zero attached hydrogens (tertiary/aromatic N) is 2. The van der Waals surface area contributed by atoms with Gasteiger partial charge in [-0.25, -0.2) is 5.10 Å². The van der Waals surface area contributed by atoms with Gasteiger partial charge in [-0.1, -0.05) is 18.2 Å². The van der Waals surface area contributed by atoms with Gasteiger partial charge < -0.3 is 10.0 Å². The van der Waals surface area contributed by atoms with Gasteiger partial charge >= 0.3 is 0 Å². The molecule has 0 bridgehead atoms. The normalized spacial score (nSPS) is 12.4. The summed E-state index contributed by atoms with van der Waals surface area (Å²) >= 11 is 0. The number of hydrogen-bond donors (Lipinski definition) is 2. The van der Waals surface area contributed by atoms with E-state index in [1.165, 1.54) is 4.90 Å². The van der Waals surface area contributed by atoms with Gasteiger partial charge in [-0.05, 0) is 13.0 Å². The second kappa shape index (κ2) is 5.19. The number of H-pyrrole nitrogens is 1. The molecule has 6 nitrogen and oxygen atoms in total. The maximum atomic E-state index is 12.3. The zero-order chi connectivity index (χ0) is 14.0. The van der Waals surface area contributed by atoms with Crippen LogP contribution in [0.25, 0.3) is 10.8 Å². The minimum atomic E-state index is -0.339. The lowest BCUT2D eigenvalue weighted by Crippen LogP contribution is -2.38. The highest BCUT2D eigenvalue weighted by Gasteiger charge is 2.21. The first-order valence-corrected chi connectivity index (χ1v) is 5.91. The fourth-order valence-corrected chi connectivity index (χ4v) is 1.77. The molecule has 0 fully saturated rings. The molecule has 0 aliphatic heterocycles. The van der Waals surface area contributed by atoms with E-state index in [2.05, 4.69) is 10.2 Å². The Bertz CT molecular complexity index is 665. The largest absolute Gasteiger partial charge is 0.394 e. The van der Waals surface area contributed by atoms with Crippen LogP contribution < -0.4 is 5.56 Å². The molecule has 2 aromatic rings. The predicted molar refractivity (Wildman–Crippen MR) is 71.0 cm³/mol. The summed E-state index contributed by atoms with van der Waals surface area (Å²) in [6, 6.07) is 6.48. The Morgan fingerprint density at radius 1 is 1.42 bits per heavy atom. The summed E-state index contributed by atoms with van der Waals surface area (Å²) in [7, 11) is 1.59. The molecule has 0 radical (unpaired) electrons. The fourth-order valence-electron chi connectivity index (χ4n) is 1.77. The molecule has 2 N–H and O–H groups in total. The minimum absolute atomic E-state index is 0.135. The third kappa shape index (κ3) is 2.34. The van der Waals surface area contributed by atoms with Crippen LogP contribution in [0, 0.1) is 0 Å². The number of hydrogen-bond acceptors (Lipinski definition) is 4. The van der Waals surface area contributed by atoms with Gasteiger partial charge in [-0.3, -0.25) is 9.59 Å². The van der Waals surface area contributed by atoms with Crippen molar-refractivity contribution in [1.82, 2.24) is 15.1 Å². The van der Waals surface area contributed by atoms with E-state index in [-0.39, 0.29) is 29.8 Å². The van der Waals surface area contributed by atoms with Crippen LogP contribution in [-0.2, 0) is 0 Å². The van der Waals surface area contributed by atoms with Crippen LogP contribution in [0.15, 0.2) is 29.1 Å². The second-order valence-electron chi connectivity index (χ2n) is 4.39. The van der Waals surface area contributed by atoms with Crippen LogP contribution in [-0.4, -0.2) is 45.8 Å². The molecular formula is C13H15N3O3. The van der Waals surface area contributed by atoms with Gasteiger partial charge in [0.15, 0.2) is 5.69 Å². The maximum absolute atomic E-state index is 12.3. The molecule has 0 aliphatic rings. The maximum Gasteiger partial charge on any atom is 0.274 e. The molecule has 1 unspecified atom stereocenters. The number of likely N-dealkylation sites (N-methyl/N-ethyl adjacent to an activating group) is 1. The number of aromatic amines is 1. The van der Waals surface area contributed by atoms with Crippen LogP contribution >= 0.6 is 0 Å². The van der Waals surface area contributed by atoms with E-state index >= 15 is 0 Å². The van der Waals surface area contributed by atoms with Crippen molar-refractivity contribution in [2.45, 2.75) is 13.0 Å². The van der Waals surface area contributed by atoms with Crippen LogP contribution in [0.4, 0.5) is 0 Å². The molecular weight excluding hydrogens is 246 g/mol. The van der Waals surface area contributed by atoms with Gasteiger partial charge in [-0.2, -0.15) is 5.10 Å². The molecule has 0 saturated carbocycles. The molecule has 0 spiro atoms. The van der Waals surface area contributed by atoms with E-state index in [0.717, 1.165) is 0 Å². The Kier molecular flexibility index (Phi) is 3.62. The van der Waals surface area contributed by atoms with E-state index < -0.39 is 0 Å². The summed E-state index contributed by atoms with van der Waals surface area (Å²) in [5.41, 5.74) is -0.150. The van der Waals surface area contributed by atoms with Crippen molar-refractivity contribution in [2.75, 3.05) is 13.7 Å². The van der Waals surface area contributed by atoms with Crippen LogP contribution in [0.3, 0.4) is 0 Å². The second-order valence-corrected chi connectivity index (χ2v) is 4.39. The number of nitrogens with one attached hydrogen (secondary N) is 1. The minimum Gasteiger partial charge on any atom is -0.394 e. The summed E-state index contributed by atoms with van der Waals surface area (Å²) in [4.78, 5) is 25.3. The predicted octanol–water partition coefficient (Wildman–Crippen LogP) is 0.376. The summed E-state index contributed by atoms with van der Waals surface area (Å²) in [5, 5.41) is 16.2. The molecule has 6 heteroatoms. The first-order chi connectivity index (χ1) is 9.06. The molecule has 1 amide bonds. The van der Waals surface area contributed by atoms with Gasteiger partial charge in [0, 0.05) is 12.4 Å². The van der Waals surface area contributed by atoms with Crippen LogP contribution in [0.5, 0.6) is 0 Å². The van der Waals surface area contributed by atoms with Gasteiger partial charge in [0.2, 0.25) is 0 Å². The number of aromatic nitrogens is 2. The zero-order valence-corrected chi connectivity index (χ0v) is 10.8. The van der Waals surface area contributed by atoms with Crippen molar-refractivity contribution in [1.29, 1.82) is 0 Å². The lowest BCUT2D eigenvalue weighted by Gasteiger charge is -2.22. The highest BCUT2D eigenvalue weighted by Crippen LogP contribution is 2.14. The molecule has 2 rings (SSSR count). The number of aliphatic hydroxyl groups excluding tert-OH is 1. The summed E-state index contributed by atoms with van der Waals surface area (Å²) < 4.78 is 0. The molecule has 1 aromatic carbocycles. The van der Waals surface area contributed by atoms with Crippen molar-refractivity contribution < 1.29 is 9.90 Å². The van der Waals surface area contributed by atoms with Crippen molar-refractivity contribution in [2.24, 2.45) is 0 Å². The summed E-state index contributed by atoms with van der Waals surface area (Å²) in [5.74, 6) is -0.339. The zero-order valence-electron chi connectivity index (χ0n) is 10.8. The Balaban J connectivity index is 2.55. The molecule has 0 aliphatic carbocycles. The van der Waals surface area contributed by atoms with E-state index in [1.54, 1.807) is 38.2 Å². The van der Waals surface area contributed by atoms with E-state index in [4.69, 9.17) is 5.11 Å². The van der Waals surface area contributed by atoms with Crippen molar-refractivity contribution in [3.63, 3.8) is 0 Å². The van der Waals surface area contributed by atoms with Gasteiger partial charge in [0.25, 0.3) is 11.5 Å². The quantitative estimate of drug-likeness (QED) is 0.836. The topological polar surface area (TPSA) is 86.3 Å². The highest BCUT2D eigenvalue weighted by atomic mass is 16.3. The number of aliphatic hydroxyl groups is 1. The smallest absolute Gasteiger partial charge is 0.274 e. The molecule has 100 valence electrons. The first-order valence-electron chi connectivity index (χ1n) is 5.91. The van der Waals surface area contributed by atoms with Crippen molar-refractivity contribution in [3.8, 4) is 0 Å². The van der Waals surface area contributed by atoms with E-state index in [1.807, 2.05) is 0 Å². The number of rotatable bonds is 3. The van der Waals surface area contributed by atoms with Crippen LogP contribution in [0.2, 0.25) is 0 Å². The summed E-state index contributed by atoms with van der Waals surface area (Å²) in [6.07, 6.45) is 0. The third-order valence-electron chi connectivity index (χ3n) is 3.14. The Hall–Kier alpha value is -2.21. The van der Waals surface area contributed by atoms with Crippen LogP contribution in [0.1, 0.15) is 17.4 Å². The van der Waals surface area contributed by atoms with Crippen molar-refractivity contribution >= 4 is 16.7 Å². The number of carbonyl (C=O) groups excluding carboxylic acids is 1. The van der Waals surface area contributed by atoms with E-state index in [0.29, 0.717) is 10.8 Å². The van der Waals surface area contributed by atoms with Gasteiger partial charge in [-0.15, -0.1) is 0 Å². The monoisotopic (exact) mass is 261 g/mol. The fraction of sp³-hybridized carbons (Fsp3) is 0.308. The number of carbonyl (C=O) groups is 1. The lowest BCUT2D eigenvalue weighted by molar-refractivity contribution is 0.0677. The molecule has 1 atom stereocenters. The number of benzene rings is 1. The lowest BCUT2D eigenvalue weighted by atomic mass is 10.1. The number of fused-ring (bicyclic) bond motifs is 1. The Morgan fingerprint density at radius 2 is 2.05 bits per heavy atom. The first kappa shape index (κ1) is 13.2. The third-order valence-corrected chi connectivity index (χ3v) is 3.14. The molecule has 1 heterocycles. The Labute approximate surface area is 109 Å². The van der Waals surface area contributed by atoms with Gasteiger partial charge in [0.1, 0.15) is 0 Å². The average Bonchev–Trinajstić information content (AvgIpc) is 2.45. The SMILES string of the molecule is CC(CO)N(C)C(=O)c1n[nH]c(=O)c2ccccc12. The van der Waals surface area contributed by atoms with Gasteiger partial charge in [0.05, 0.1) is 18.0 Å².